The number of fused-ring (bicyclic) bond motifs is 1. The monoisotopic (exact) mass is 179 g/mol. The number of hydrazine groups is 1. The van der Waals surface area contributed by atoms with Gasteiger partial charge in [0, 0.05) is 6.07 Å². The number of nitrogens with two attached hydrogens (primary N) is 1. The Morgan fingerprint density at radius 2 is 2.23 bits per heavy atom. The van der Waals surface area contributed by atoms with Crippen LogP contribution in [0, 0.1) is 5.21 Å². The molecule has 68 valence electrons. The van der Waals surface area contributed by atoms with Crippen LogP contribution in [0.2, 0.25) is 0 Å². The highest BCUT2D eigenvalue weighted by atomic mass is 16.5. The van der Waals surface area contributed by atoms with E-state index in [1.165, 1.54) is 0 Å². The second-order valence-corrected chi connectivity index (χ2v) is 2.58. The van der Waals surface area contributed by atoms with Gasteiger partial charge in [0.15, 0.2) is 5.69 Å². The molecule has 1 aromatic carbocycles. The second-order valence-electron chi connectivity index (χ2n) is 2.58. The van der Waals surface area contributed by atoms with E-state index in [1.54, 1.807) is 18.2 Å². The Morgan fingerprint density at radius 3 is 3.00 bits per heavy atom. The maximum atomic E-state index is 11.3. The number of nitrogens with zero attached hydrogens (tertiary/aromatic N) is 1. The Hall–Kier alpha value is -1.63. The molecule has 1 heterocycles. The first-order valence-electron chi connectivity index (χ1n) is 3.77. The zero-order valence-corrected chi connectivity index (χ0v) is 6.74. The highest BCUT2D eigenvalue weighted by molar-refractivity contribution is 5.95. The minimum absolute atomic E-state index is 0.267. The average molecular weight is 179 g/mol. The standard InChI is InChI=1S/C7H9N5O/c8-10-7-9-5-3-1-2-4-6(5)12(13)11-7/h1-4,12H,8H2,(H2,9,10,11). The number of benzene rings is 1. The highest BCUT2D eigenvalue weighted by Gasteiger charge is 2.16. The predicted molar refractivity (Wildman–Crippen MR) is 48.8 cm³/mol. The molecule has 1 aliphatic rings. The molecule has 1 aliphatic heterocycles. The van der Waals surface area contributed by atoms with Crippen molar-refractivity contribution in [1.82, 2.24) is 5.43 Å². The molecule has 0 aromatic heterocycles. The van der Waals surface area contributed by atoms with E-state index in [1.807, 2.05) is 6.07 Å². The van der Waals surface area contributed by atoms with Crippen LogP contribution in [0.3, 0.4) is 0 Å². The number of hydrogen-bond donors (Lipinski definition) is 4. The minimum atomic E-state index is -0.290. The summed E-state index contributed by atoms with van der Waals surface area (Å²) in [5, 5.41) is 17.6. The Morgan fingerprint density at radius 1 is 1.46 bits per heavy atom. The van der Waals surface area contributed by atoms with Crippen molar-refractivity contribution in [3.63, 3.8) is 0 Å². The van der Waals surface area contributed by atoms with E-state index in [2.05, 4.69) is 15.8 Å². The number of hydrogen-bond acceptors (Lipinski definition) is 5. The maximum Gasteiger partial charge on any atom is 0.269 e. The van der Waals surface area contributed by atoms with Crippen molar-refractivity contribution in [2.75, 3.05) is 5.32 Å². The zero-order valence-electron chi connectivity index (χ0n) is 6.74. The molecule has 0 aliphatic carbocycles. The van der Waals surface area contributed by atoms with Gasteiger partial charge in [0.05, 0.1) is 0 Å². The van der Waals surface area contributed by atoms with Crippen LogP contribution in [0.5, 0.6) is 0 Å². The summed E-state index contributed by atoms with van der Waals surface area (Å²) in [4.78, 5) is 0. The average Bonchev–Trinajstić information content (AvgIpc) is 2.18. The van der Waals surface area contributed by atoms with Crippen LogP contribution in [0.1, 0.15) is 0 Å². The molecule has 0 fully saturated rings. The SMILES string of the molecule is NNC1=N[NH+]([O-])c2ccccc2N1. The van der Waals surface area contributed by atoms with Gasteiger partial charge in [-0.15, -0.1) is 0 Å². The molecule has 0 saturated heterocycles. The third-order valence-electron chi connectivity index (χ3n) is 1.76. The molecule has 1 unspecified atom stereocenters. The molecule has 13 heavy (non-hydrogen) atoms. The quantitative estimate of drug-likeness (QED) is 0.230. The molecule has 0 spiro atoms. The molecule has 0 bridgehead atoms. The summed E-state index contributed by atoms with van der Waals surface area (Å²) in [6.45, 7) is 0. The summed E-state index contributed by atoms with van der Waals surface area (Å²) in [6.07, 6.45) is 0. The Bertz CT molecular complexity index is 350. The summed E-state index contributed by atoms with van der Waals surface area (Å²) in [6, 6.07) is 7.12. The lowest BCUT2D eigenvalue weighted by atomic mass is 10.2. The molecule has 2 rings (SSSR count). The van der Waals surface area contributed by atoms with E-state index < -0.39 is 0 Å². The minimum Gasteiger partial charge on any atom is -0.601 e. The van der Waals surface area contributed by atoms with Gasteiger partial charge in [0.2, 0.25) is 0 Å². The molecular formula is C7H9N5O. The van der Waals surface area contributed by atoms with Crippen LogP contribution in [0.4, 0.5) is 11.4 Å². The third-order valence-corrected chi connectivity index (χ3v) is 1.76. The molecule has 5 N–H and O–H groups in total. The van der Waals surface area contributed by atoms with Gasteiger partial charge in [-0.05, 0) is 11.2 Å². The van der Waals surface area contributed by atoms with Gasteiger partial charge in [-0.25, -0.2) is 11.0 Å². The molecule has 0 saturated carbocycles. The second kappa shape index (κ2) is 3.02. The molecule has 0 amide bonds. The van der Waals surface area contributed by atoms with Gasteiger partial charge >= 0.3 is 0 Å². The molecule has 1 atom stereocenters. The first kappa shape index (κ1) is 7.99. The van der Waals surface area contributed by atoms with Crippen molar-refractivity contribution >= 4 is 17.3 Å². The van der Waals surface area contributed by atoms with Crippen LogP contribution in [-0.2, 0) is 0 Å². The van der Waals surface area contributed by atoms with Crippen LogP contribution in [0.25, 0.3) is 0 Å². The summed E-state index contributed by atoms with van der Waals surface area (Å²) in [5.74, 6) is 5.39. The fourth-order valence-electron chi connectivity index (χ4n) is 1.16. The van der Waals surface area contributed by atoms with E-state index in [9.17, 15) is 5.21 Å². The number of quaternary nitrogens is 1. The molecule has 6 nitrogen and oxygen atoms in total. The van der Waals surface area contributed by atoms with Gasteiger partial charge < -0.3 is 10.5 Å². The fourth-order valence-corrected chi connectivity index (χ4v) is 1.16. The highest BCUT2D eigenvalue weighted by Crippen LogP contribution is 2.18. The van der Waals surface area contributed by atoms with Crippen molar-refractivity contribution < 1.29 is 5.17 Å². The third kappa shape index (κ3) is 1.33. The fraction of sp³-hybridized carbons (Fsp3) is 0. The van der Waals surface area contributed by atoms with Crippen LogP contribution >= 0.6 is 0 Å². The topological polar surface area (TPSA) is 89.9 Å². The predicted octanol–water partition coefficient (Wildman–Crippen LogP) is -1.14. The Balaban J connectivity index is 2.40. The summed E-state index contributed by atoms with van der Waals surface area (Å²) in [5.41, 5.74) is 3.57. The van der Waals surface area contributed by atoms with Crippen LogP contribution in [-0.4, -0.2) is 5.96 Å². The first-order chi connectivity index (χ1) is 6.31. The number of para-hydroxylation sites is 1. The number of rotatable bonds is 0. The van der Waals surface area contributed by atoms with Crippen molar-refractivity contribution in [3.05, 3.63) is 29.5 Å². The van der Waals surface area contributed by atoms with Crippen molar-refractivity contribution in [3.8, 4) is 0 Å². The van der Waals surface area contributed by atoms with Gasteiger partial charge in [-0.3, -0.25) is 5.43 Å². The zero-order chi connectivity index (χ0) is 9.26. The summed E-state index contributed by atoms with van der Waals surface area (Å²) < 4.78 is 0. The van der Waals surface area contributed by atoms with Crippen molar-refractivity contribution in [2.45, 2.75) is 0 Å². The molecule has 0 radical (unpaired) electrons. The number of guanidine groups is 1. The van der Waals surface area contributed by atoms with Gasteiger partial charge in [0.25, 0.3) is 5.96 Å². The first-order valence-corrected chi connectivity index (χ1v) is 3.77. The van der Waals surface area contributed by atoms with E-state index in [0.29, 0.717) is 5.69 Å². The lowest BCUT2D eigenvalue weighted by Gasteiger charge is -2.23. The number of nitrogens with one attached hydrogen (secondary N) is 3. The van der Waals surface area contributed by atoms with E-state index >= 15 is 0 Å². The van der Waals surface area contributed by atoms with E-state index in [0.717, 1.165) is 5.69 Å². The van der Waals surface area contributed by atoms with Gasteiger partial charge in [-0.1, -0.05) is 12.1 Å². The Labute approximate surface area is 74.6 Å². The summed E-state index contributed by atoms with van der Waals surface area (Å²) in [7, 11) is 0. The normalized spacial score (nSPS) is 19.8. The van der Waals surface area contributed by atoms with Crippen LogP contribution < -0.4 is 21.8 Å². The van der Waals surface area contributed by atoms with Crippen molar-refractivity contribution in [2.24, 2.45) is 10.9 Å². The largest absolute Gasteiger partial charge is 0.601 e. The molecular weight excluding hydrogens is 170 g/mol. The van der Waals surface area contributed by atoms with E-state index in [-0.39, 0.29) is 11.1 Å². The summed E-state index contributed by atoms with van der Waals surface area (Å²) >= 11 is 0. The smallest absolute Gasteiger partial charge is 0.269 e. The Kier molecular flexibility index (Phi) is 1.85. The van der Waals surface area contributed by atoms with Gasteiger partial charge in [-0.2, -0.15) is 0 Å². The van der Waals surface area contributed by atoms with Gasteiger partial charge in [0.1, 0.15) is 5.69 Å². The lowest BCUT2D eigenvalue weighted by Crippen LogP contribution is -2.98. The van der Waals surface area contributed by atoms with Crippen molar-refractivity contribution in [1.29, 1.82) is 0 Å². The number of anilines is 1. The molecule has 6 heteroatoms. The maximum absolute atomic E-state index is 11.3. The van der Waals surface area contributed by atoms with Crippen LogP contribution in [0.15, 0.2) is 29.4 Å². The van der Waals surface area contributed by atoms with E-state index in [4.69, 9.17) is 5.84 Å². The molecule has 1 aromatic rings. The lowest BCUT2D eigenvalue weighted by molar-refractivity contribution is -0.783.